The standard InChI is InChI=1S/C16H21N3O3S/c1-23(21)16-17-11-19(18-16)9-13(20)10-22-15-8-4-6-12-5-2-3-7-14(12)15/h2-3,5,7,11,13,15,20H,4,6,8-10H2,1H3/t13-,15-,23-/m1/s1. The van der Waals surface area contributed by atoms with E-state index in [0.29, 0.717) is 0 Å². The number of hydrogen-bond acceptors (Lipinski definition) is 5. The van der Waals surface area contributed by atoms with Gasteiger partial charge >= 0.3 is 0 Å². The third-order valence-corrected chi connectivity index (χ3v) is 4.68. The molecule has 0 radical (unpaired) electrons. The number of aliphatic hydroxyl groups excluding tert-OH is 1. The lowest BCUT2D eigenvalue weighted by molar-refractivity contribution is -0.0236. The Balaban J connectivity index is 1.55. The van der Waals surface area contributed by atoms with E-state index in [9.17, 15) is 9.32 Å². The summed E-state index contributed by atoms with van der Waals surface area (Å²) in [5.74, 6) is 0. The lowest BCUT2D eigenvalue weighted by Crippen LogP contribution is -2.24. The lowest BCUT2D eigenvalue weighted by atomic mass is 9.89. The first-order valence-corrected chi connectivity index (χ1v) is 9.29. The van der Waals surface area contributed by atoms with Crippen LogP contribution in [0.25, 0.3) is 0 Å². The molecule has 23 heavy (non-hydrogen) atoms. The van der Waals surface area contributed by atoms with E-state index in [2.05, 4.69) is 28.3 Å². The predicted molar refractivity (Wildman–Crippen MR) is 86.4 cm³/mol. The van der Waals surface area contributed by atoms with Crippen molar-refractivity contribution in [1.29, 1.82) is 0 Å². The van der Waals surface area contributed by atoms with E-state index < -0.39 is 16.9 Å². The lowest BCUT2D eigenvalue weighted by Gasteiger charge is -2.26. The summed E-state index contributed by atoms with van der Waals surface area (Å²) in [6, 6.07) is 8.32. The Morgan fingerprint density at radius 2 is 2.30 bits per heavy atom. The Labute approximate surface area is 138 Å². The van der Waals surface area contributed by atoms with Crippen LogP contribution in [0.1, 0.15) is 30.1 Å². The van der Waals surface area contributed by atoms with Crippen molar-refractivity contribution in [2.75, 3.05) is 12.9 Å². The van der Waals surface area contributed by atoms with Crippen LogP contribution < -0.4 is 0 Å². The summed E-state index contributed by atoms with van der Waals surface area (Å²) in [7, 11) is -1.21. The van der Waals surface area contributed by atoms with Gasteiger partial charge in [0.05, 0.1) is 36.2 Å². The Hall–Kier alpha value is -1.57. The molecule has 7 heteroatoms. The quantitative estimate of drug-likeness (QED) is 0.865. The molecule has 1 aromatic heterocycles. The van der Waals surface area contributed by atoms with Gasteiger partial charge in [-0.05, 0) is 30.4 Å². The van der Waals surface area contributed by atoms with E-state index in [0.717, 1.165) is 19.3 Å². The maximum absolute atomic E-state index is 11.3. The second-order valence-electron chi connectivity index (χ2n) is 5.77. The Morgan fingerprint density at radius 1 is 1.48 bits per heavy atom. The maximum Gasteiger partial charge on any atom is 0.238 e. The molecule has 0 aliphatic heterocycles. The Morgan fingerprint density at radius 3 is 3.09 bits per heavy atom. The summed E-state index contributed by atoms with van der Waals surface area (Å²) in [4.78, 5) is 3.95. The van der Waals surface area contributed by atoms with Gasteiger partial charge in [-0.3, -0.25) is 4.21 Å². The van der Waals surface area contributed by atoms with Crippen molar-refractivity contribution in [2.45, 2.75) is 43.2 Å². The number of fused-ring (bicyclic) bond motifs is 1. The van der Waals surface area contributed by atoms with Gasteiger partial charge in [-0.2, -0.15) is 0 Å². The minimum absolute atomic E-state index is 0.0454. The maximum atomic E-state index is 11.3. The normalized spacial score (nSPS) is 20.0. The molecule has 0 unspecified atom stereocenters. The zero-order valence-electron chi connectivity index (χ0n) is 13.1. The molecule has 1 aromatic carbocycles. The summed E-state index contributed by atoms with van der Waals surface area (Å²) in [5, 5.41) is 14.5. The minimum Gasteiger partial charge on any atom is -0.389 e. The van der Waals surface area contributed by atoms with Crippen molar-refractivity contribution in [3.05, 3.63) is 41.7 Å². The molecule has 0 amide bonds. The fourth-order valence-electron chi connectivity index (χ4n) is 2.88. The van der Waals surface area contributed by atoms with Crippen molar-refractivity contribution in [2.24, 2.45) is 0 Å². The van der Waals surface area contributed by atoms with Gasteiger partial charge in [-0.25, -0.2) is 9.67 Å². The molecule has 3 atom stereocenters. The van der Waals surface area contributed by atoms with E-state index >= 15 is 0 Å². The first-order chi connectivity index (χ1) is 11.1. The van der Waals surface area contributed by atoms with Crippen LogP contribution >= 0.6 is 0 Å². The van der Waals surface area contributed by atoms with Crippen LogP contribution in [0, 0.1) is 0 Å². The predicted octanol–water partition coefficient (Wildman–Crippen LogP) is 1.47. The number of rotatable bonds is 6. The largest absolute Gasteiger partial charge is 0.389 e. The third-order valence-electron chi connectivity index (χ3n) is 3.97. The third kappa shape index (κ3) is 4.04. The Bertz CT molecular complexity index is 689. The summed E-state index contributed by atoms with van der Waals surface area (Å²) >= 11 is 0. The number of nitrogens with zero attached hydrogens (tertiary/aromatic N) is 3. The molecule has 2 aromatic rings. The highest BCUT2D eigenvalue weighted by Crippen LogP contribution is 2.32. The molecule has 1 heterocycles. The van der Waals surface area contributed by atoms with Crippen LogP contribution in [0.3, 0.4) is 0 Å². The van der Waals surface area contributed by atoms with Crippen LogP contribution in [-0.4, -0.2) is 43.0 Å². The number of aliphatic hydroxyl groups is 1. The van der Waals surface area contributed by atoms with E-state index in [4.69, 9.17) is 4.74 Å². The highest BCUT2D eigenvalue weighted by atomic mass is 32.2. The van der Waals surface area contributed by atoms with Gasteiger partial charge in [0.15, 0.2) is 0 Å². The average Bonchev–Trinajstić information content (AvgIpc) is 3.01. The van der Waals surface area contributed by atoms with Crippen LogP contribution in [0.4, 0.5) is 0 Å². The van der Waals surface area contributed by atoms with E-state index in [1.165, 1.54) is 28.4 Å². The molecule has 1 aliphatic carbocycles. The smallest absolute Gasteiger partial charge is 0.238 e. The molecule has 124 valence electrons. The summed E-state index contributed by atoms with van der Waals surface area (Å²) in [5.41, 5.74) is 2.57. The molecule has 1 aliphatic rings. The molecule has 3 rings (SSSR count). The highest BCUT2D eigenvalue weighted by Gasteiger charge is 2.21. The van der Waals surface area contributed by atoms with Gasteiger partial charge in [0, 0.05) is 6.26 Å². The van der Waals surface area contributed by atoms with Crippen molar-refractivity contribution in [3.8, 4) is 0 Å². The number of benzene rings is 1. The van der Waals surface area contributed by atoms with Gasteiger partial charge in [0.25, 0.3) is 0 Å². The zero-order valence-corrected chi connectivity index (χ0v) is 13.9. The average molecular weight is 335 g/mol. The molecule has 1 N–H and O–H groups in total. The highest BCUT2D eigenvalue weighted by molar-refractivity contribution is 7.84. The second kappa shape index (κ2) is 7.33. The molecular formula is C16H21N3O3S. The second-order valence-corrected chi connectivity index (χ2v) is 7.04. The topological polar surface area (TPSA) is 77.2 Å². The molecule has 0 bridgehead atoms. The van der Waals surface area contributed by atoms with Crippen LogP contribution in [0.2, 0.25) is 0 Å². The van der Waals surface area contributed by atoms with Gasteiger partial charge in [0.1, 0.15) is 6.33 Å². The van der Waals surface area contributed by atoms with E-state index in [-0.39, 0.29) is 24.4 Å². The van der Waals surface area contributed by atoms with Crippen LogP contribution in [-0.2, 0) is 28.5 Å². The Kier molecular flexibility index (Phi) is 5.20. The number of hydrogen-bond donors (Lipinski definition) is 1. The molecular weight excluding hydrogens is 314 g/mol. The molecule has 6 nitrogen and oxygen atoms in total. The number of aryl methyl sites for hydroxylation is 1. The van der Waals surface area contributed by atoms with Crippen molar-refractivity contribution < 1.29 is 14.1 Å². The molecule has 0 saturated heterocycles. The van der Waals surface area contributed by atoms with Crippen molar-refractivity contribution in [3.63, 3.8) is 0 Å². The SMILES string of the molecule is C[S@@](=O)c1ncn(C[C@@H](O)CO[C@@H]2CCCc3ccccc32)n1. The fourth-order valence-corrected chi connectivity index (χ4v) is 3.29. The van der Waals surface area contributed by atoms with Gasteiger partial charge in [0.2, 0.25) is 5.16 Å². The molecule has 0 spiro atoms. The van der Waals surface area contributed by atoms with Gasteiger partial charge < -0.3 is 9.84 Å². The molecule has 0 saturated carbocycles. The minimum atomic E-state index is -1.21. The van der Waals surface area contributed by atoms with Crippen LogP contribution in [0.15, 0.2) is 35.7 Å². The fraction of sp³-hybridized carbons (Fsp3) is 0.500. The van der Waals surface area contributed by atoms with E-state index in [1.54, 1.807) is 0 Å². The summed E-state index contributed by atoms with van der Waals surface area (Å²) in [6.45, 7) is 0.516. The van der Waals surface area contributed by atoms with Crippen LogP contribution in [0.5, 0.6) is 0 Å². The summed E-state index contributed by atoms with van der Waals surface area (Å²) < 4.78 is 18.7. The number of aromatic nitrogens is 3. The number of ether oxygens (including phenoxy) is 1. The summed E-state index contributed by atoms with van der Waals surface area (Å²) in [6.07, 6.45) is 5.55. The molecule has 0 fully saturated rings. The first kappa shape index (κ1) is 16.3. The monoisotopic (exact) mass is 335 g/mol. The van der Waals surface area contributed by atoms with Crippen molar-refractivity contribution in [1.82, 2.24) is 14.8 Å². The first-order valence-electron chi connectivity index (χ1n) is 7.74. The van der Waals surface area contributed by atoms with Gasteiger partial charge in [-0.1, -0.05) is 24.3 Å². The zero-order chi connectivity index (χ0) is 16.2. The van der Waals surface area contributed by atoms with E-state index in [1.807, 2.05) is 6.07 Å². The van der Waals surface area contributed by atoms with Crippen molar-refractivity contribution >= 4 is 10.8 Å². The van der Waals surface area contributed by atoms with Gasteiger partial charge in [-0.15, -0.1) is 5.10 Å².